The molecule has 1 aliphatic carbocycles. The lowest BCUT2D eigenvalue weighted by Gasteiger charge is -2.09. The maximum atomic E-state index is 12.4. The lowest BCUT2D eigenvalue weighted by Crippen LogP contribution is -2.14. The number of anilines is 1. The molecule has 24 heavy (non-hydrogen) atoms. The van der Waals surface area contributed by atoms with Gasteiger partial charge in [0.05, 0.1) is 24.0 Å². The molecule has 1 fully saturated rings. The molecule has 2 heterocycles. The average Bonchev–Trinajstić information content (AvgIpc) is 3.26. The van der Waals surface area contributed by atoms with Crippen LogP contribution in [0.15, 0.2) is 34.4 Å². The van der Waals surface area contributed by atoms with Crippen molar-refractivity contribution in [1.29, 1.82) is 0 Å². The SMILES string of the molecule is COc1ccc2c(=O)cc(-c3csc(NC4CCCC4)n3)[nH]c2c1. The first-order chi connectivity index (χ1) is 11.7. The fourth-order valence-corrected chi connectivity index (χ4v) is 3.99. The third-order valence-electron chi connectivity index (χ3n) is 4.50. The fraction of sp³-hybridized carbons (Fsp3) is 0.333. The number of hydrogen-bond donors (Lipinski definition) is 2. The summed E-state index contributed by atoms with van der Waals surface area (Å²) < 4.78 is 5.24. The van der Waals surface area contributed by atoms with Gasteiger partial charge in [0, 0.05) is 28.9 Å². The van der Waals surface area contributed by atoms with E-state index >= 15 is 0 Å². The third-order valence-corrected chi connectivity index (χ3v) is 5.27. The number of rotatable bonds is 4. The topological polar surface area (TPSA) is 67.0 Å². The van der Waals surface area contributed by atoms with Crippen LogP contribution in [0.4, 0.5) is 5.13 Å². The number of aromatic amines is 1. The van der Waals surface area contributed by atoms with Gasteiger partial charge in [-0.1, -0.05) is 12.8 Å². The Morgan fingerprint density at radius 3 is 2.92 bits per heavy atom. The van der Waals surface area contributed by atoms with E-state index in [2.05, 4.69) is 15.3 Å². The van der Waals surface area contributed by atoms with Gasteiger partial charge in [0.25, 0.3) is 0 Å². The average molecular weight is 341 g/mol. The minimum atomic E-state index is -0.0142. The van der Waals surface area contributed by atoms with Gasteiger partial charge in [-0.25, -0.2) is 4.98 Å². The molecule has 0 amide bonds. The molecule has 0 atom stereocenters. The van der Waals surface area contributed by atoms with Crippen molar-refractivity contribution in [3.8, 4) is 17.1 Å². The lowest BCUT2D eigenvalue weighted by molar-refractivity contribution is 0.415. The second-order valence-electron chi connectivity index (χ2n) is 6.12. The van der Waals surface area contributed by atoms with Crippen LogP contribution in [0.2, 0.25) is 0 Å². The highest BCUT2D eigenvalue weighted by Crippen LogP contribution is 2.28. The molecular formula is C18H19N3O2S. The summed E-state index contributed by atoms with van der Waals surface area (Å²) in [6.45, 7) is 0. The normalized spacial score (nSPS) is 15.0. The minimum Gasteiger partial charge on any atom is -0.497 e. The van der Waals surface area contributed by atoms with Crippen LogP contribution in [0.3, 0.4) is 0 Å². The summed E-state index contributed by atoms with van der Waals surface area (Å²) in [5, 5.41) is 7.05. The van der Waals surface area contributed by atoms with E-state index in [4.69, 9.17) is 4.74 Å². The first-order valence-electron chi connectivity index (χ1n) is 8.16. The summed E-state index contributed by atoms with van der Waals surface area (Å²) in [5.74, 6) is 0.720. The Balaban J connectivity index is 1.68. The molecule has 2 N–H and O–H groups in total. The predicted molar refractivity (Wildman–Crippen MR) is 98.1 cm³/mol. The standard InChI is InChI=1S/C18H19N3O2S/c1-23-12-6-7-13-14(8-12)20-15(9-17(13)22)16-10-24-18(21-16)19-11-4-2-3-5-11/h6-11H,2-5H2,1H3,(H,19,21)(H,20,22). The molecule has 3 aromatic rings. The zero-order chi connectivity index (χ0) is 16.5. The summed E-state index contributed by atoms with van der Waals surface area (Å²) in [7, 11) is 1.62. The van der Waals surface area contributed by atoms with Crippen LogP contribution in [0.5, 0.6) is 5.75 Å². The molecule has 4 rings (SSSR count). The van der Waals surface area contributed by atoms with Crippen molar-refractivity contribution in [1.82, 2.24) is 9.97 Å². The van der Waals surface area contributed by atoms with Gasteiger partial charge < -0.3 is 15.0 Å². The molecule has 124 valence electrons. The molecule has 1 aliphatic rings. The molecule has 6 heteroatoms. The van der Waals surface area contributed by atoms with E-state index in [-0.39, 0.29) is 5.43 Å². The van der Waals surface area contributed by atoms with Crippen molar-refractivity contribution >= 4 is 27.4 Å². The van der Waals surface area contributed by atoms with Crippen LogP contribution in [-0.4, -0.2) is 23.1 Å². The Labute approximate surface area is 143 Å². The molecule has 0 unspecified atom stereocenters. The van der Waals surface area contributed by atoms with Gasteiger partial charge in [-0.15, -0.1) is 11.3 Å². The Morgan fingerprint density at radius 1 is 1.29 bits per heavy atom. The van der Waals surface area contributed by atoms with Crippen LogP contribution in [0.1, 0.15) is 25.7 Å². The summed E-state index contributed by atoms with van der Waals surface area (Å²) in [4.78, 5) is 20.3. The molecule has 2 aromatic heterocycles. The highest BCUT2D eigenvalue weighted by atomic mass is 32.1. The first-order valence-corrected chi connectivity index (χ1v) is 9.04. The molecule has 5 nitrogen and oxygen atoms in total. The highest BCUT2D eigenvalue weighted by molar-refractivity contribution is 7.14. The van der Waals surface area contributed by atoms with Gasteiger partial charge in [0.1, 0.15) is 5.75 Å². The van der Waals surface area contributed by atoms with Gasteiger partial charge in [-0.05, 0) is 25.0 Å². The predicted octanol–water partition coefficient (Wildman–Crippen LogP) is 4.01. The number of nitrogens with one attached hydrogen (secondary N) is 2. The number of aromatic nitrogens is 2. The summed E-state index contributed by atoms with van der Waals surface area (Å²) in [6, 6.07) is 7.56. The number of nitrogens with zero attached hydrogens (tertiary/aromatic N) is 1. The van der Waals surface area contributed by atoms with Crippen molar-refractivity contribution in [3.05, 3.63) is 39.9 Å². The second kappa shape index (κ2) is 6.28. The zero-order valence-electron chi connectivity index (χ0n) is 13.5. The molecule has 0 bridgehead atoms. The van der Waals surface area contributed by atoms with E-state index in [1.54, 1.807) is 36.6 Å². The highest BCUT2D eigenvalue weighted by Gasteiger charge is 2.16. The smallest absolute Gasteiger partial charge is 0.190 e. The first kappa shape index (κ1) is 15.2. The molecule has 1 saturated carbocycles. The van der Waals surface area contributed by atoms with Crippen LogP contribution in [-0.2, 0) is 0 Å². The number of ether oxygens (including phenoxy) is 1. The second-order valence-corrected chi connectivity index (χ2v) is 6.98. The third kappa shape index (κ3) is 2.89. The van der Waals surface area contributed by atoms with E-state index < -0.39 is 0 Å². The Morgan fingerprint density at radius 2 is 2.12 bits per heavy atom. The molecule has 0 spiro atoms. The van der Waals surface area contributed by atoms with Crippen LogP contribution < -0.4 is 15.5 Å². The quantitative estimate of drug-likeness (QED) is 0.752. The maximum Gasteiger partial charge on any atom is 0.190 e. The molecular weight excluding hydrogens is 322 g/mol. The van der Waals surface area contributed by atoms with Crippen molar-refractivity contribution in [3.63, 3.8) is 0 Å². The van der Waals surface area contributed by atoms with Crippen molar-refractivity contribution in [2.45, 2.75) is 31.7 Å². The number of H-pyrrole nitrogens is 1. The van der Waals surface area contributed by atoms with Crippen molar-refractivity contribution < 1.29 is 4.74 Å². The zero-order valence-corrected chi connectivity index (χ0v) is 14.3. The number of hydrogen-bond acceptors (Lipinski definition) is 5. The number of thiazole rings is 1. The number of pyridine rings is 1. The Hall–Kier alpha value is -2.34. The number of methoxy groups -OCH3 is 1. The lowest BCUT2D eigenvalue weighted by atomic mass is 10.1. The van der Waals surface area contributed by atoms with E-state index in [0.29, 0.717) is 11.4 Å². The van der Waals surface area contributed by atoms with Crippen LogP contribution in [0.25, 0.3) is 22.3 Å². The summed E-state index contributed by atoms with van der Waals surface area (Å²) in [5.41, 5.74) is 2.27. The largest absolute Gasteiger partial charge is 0.497 e. The van der Waals surface area contributed by atoms with Crippen molar-refractivity contribution in [2.75, 3.05) is 12.4 Å². The fourth-order valence-electron chi connectivity index (χ4n) is 3.21. The van der Waals surface area contributed by atoms with Gasteiger partial charge in [0.15, 0.2) is 10.6 Å². The monoisotopic (exact) mass is 341 g/mol. The molecule has 0 aliphatic heterocycles. The maximum absolute atomic E-state index is 12.4. The summed E-state index contributed by atoms with van der Waals surface area (Å²) in [6.07, 6.45) is 4.99. The molecule has 1 aromatic carbocycles. The van der Waals surface area contributed by atoms with Gasteiger partial charge in [-0.3, -0.25) is 4.79 Å². The van der Waals surface area contributed by atoms with Crippen LogP contribution in [0, 0.1) is 0 Å². The van der Waals surface area contributed by atoms with E-state index in [0.717, 1.165) is 27.8 Å². The Bertz CT molecular complexity index is 925. The molecule has 0 radical (unpaired) electrons. The van der Waals surface area contributed by atoms with Crippen LogP contribution >= 0.6 is 11.3 Å². The Kier molecular flexibility index (Phi) is 3.98. The van der Waals surface area contributed by atoms with Gasteiger partial charge in [0.2, 0.25) is 0 Å². The number of benzene rings is 1. The minimum absolute atomic E-state index is 0.0142. The van der Waals surface area contributed by atoms with E-state index in [1.807, 2.05) is 11.4 Å². The van der Waals surface area contributed by atoms with Gasteiger partial charge in [-0.2, -0.15) is 0 Å². The van der Waals surface area contributed by atoms with Crippen molar-refractivity contribution in [2.24, 2.45) is 0 Å². The van der Waals surface area contributed by atoms with E-state index in [9.17, 15) is 4.79 Å². The van der Waals surface area contributed by atoms with Gasteiger partial charge >= 0.3 is 0 Å². The van der Waals surface area contributed by atoms with E-state index in [1.165, 1.54) is 25.7 Å². The number of fused-ring (bicyclic) bond motifs is 1. The summed E-state index contributed by atoms with van der Waals surface area (Å²) >= 11 is 1.58. The molecule has 0 saturated heterocycles.